The van der Waals surface area contributed by atoms with Gasteiger partial charge in [-0.15, -0.1) is 0 Å². The molecule has 0 N–H and O–H groups in total. The molecule has 0 aliphatic heterocycles. The molecule has 0 radical (unpaired) electrons. The highest BCUT2D eigenvalue weighted by Gasteiger charge is 2.19. The number of carbonyl (C=O) groups excluding carboxylic acids is 2. The number of carbonyl (C=O) groups is 2. The highest BCUT2D eigenvalue weighted by molar-refractivity contribution is 6.03. The van der Waals surface area contributed by atoms with Gasteiger partial charge in [0.25, 0.3) is 0 Å². The summed E-state index contributed by atoms with van der Waals surface area (Å²) in [6, 6.07) is 6.66. The number of ether oxygens (including phenoxy) is 2. The second kappa shape index (κ2) is 16.0. The van der Waals surface area contributed by atoms with Gasteiger partial charge in [0.1, 0.15) is 0 Å². The van der Waals surface area contributed by atoms with Gasteiger partial charge in [0, 0.05) is 0 Å². The maximum Gasteiger partial charge on any atom is 0.339 e. The Bertz CT molecular complexity index is 580. The average molecular weight is 405 g/mol. The SMILES string of the molecule is CCCCCCCCCCCCCCOC(=O)c1ccccc1C(=O)OC(C)C. The zero-order valence-corrected chi connectivity index (χ0v) is 18.7. The molecule has 0 aliphatic carbocycles. The first-order valence-electron chi connectivity index (χ1n) is 11.5. The first kappa shape index (κ1) is 25.2. The lowest BCUT2D eigenvalue weighted by molar-refractivity contribution is 0.0360. The number of hydrogen-bond donors (Lipinski definition) is 0. The Labute approximate surface area is 177 Å². The van der Waals surface area contributed by atoms with Gasteiger partial charge < -0.3 is 9.47 Å². The van der Waals surface area contributed by atoms with Crippen LogP contribution in [0.3, 0.4) is 0 Å². The smallest absolute Gasteiger partial charge is 0.339 e. The largest absolute Gasteiger partial charge is 0.462 e. The number of esters is 2. The number of benzene rings is 1. The van der Waals surface area contributed by atoms with Crippen LogP contribution in [0.25, 0.3) is 0 Å². The minimum Gasteiger partial charge on any atom is -0.462 e. The summed E-state index contributed by atoms with van der Waals surface area (Å²) < 4.78 is 10.6. The summed E-state index contributed by atoms with van der Waals surface area (Å²) in [6.07, 6.45) is 15.0. The third kappa shape index (κ3) is 11.7. The van der Waals surface area contributed by atoms with Gasteiger partial charge in [-0.2, -0.15) is 0 Å². The van der Waals surface area contributed by atoms with Gasteiger partial charge in [0.2, 0.25) is 0 Å². The zero-order chi connectivity index (χ0) is 21.3. The maximum atomic E-state index is 12.3. The molecule has 4 nitrogen and oxygen atoms in total. The molecule has 1 aromatic carbocycles. The zero-order valence-electron chi connectivity index (χ0n) is 18.7. The molecule has 164 valence electrons. The van der Waals surface area contributed by atoms with E-state index in [2.05, 4.69) is 6.92 Å². The van der Waals surface area contributed by atoms with Crippen molar-refractivity contribution < 1.29 is 19.1 Å². The van der Waals surface area contributed by atoms with E-state index in [1.54, 1.807) is 38.1 Å². The van der Waals surface area contributed by atoms with Crippen molar-refractivity contribution in [3.05, 3.63) is 35.4 Å². The van der Waals surface area contributed by atoms with Gasteiger partial charge in [-0.25, -0.2) is 9.59 Å². The number of hydrogen-bond acceptors (Lipinski definition) is 4. The lowest BCUT2D eigenvalue weighted by Gasteiger charge is -2.11. The van der Waals surface area contributed by atoms with Crippen molar-refractivity contribution in [3.8, 4) is 0 Å². The fraction of sp³-hybridized carbons (Fsp3) is 0.680. The van der Waals surface area contributed by atoms with Gasteiger partial charge in [-0.05, 0) is 32.4 Å². The summed E-state index contributed by atoms with van der Waals surface area (Å²) in [7, 11) is 0. The second-order valence-electron chi connectivity index (χ2n) is 8.02. The van der Waals surface area contributed by atoms with Gasteiger partial charge >= 0.3 is 11.9 Å². The van der Waals surface area contributed by atoms with Crippen LogP contribution in [0.15, 0.2) is 24.3 Å². The Morgan fingerprint density at radius 1 is 0.724 bits per heavy atom. The molecule has 0 unspecified atom stereocenters. The Balaban J connectivity index is 2.14. The quantitative estimate of drug-likeness (QED) is 0.218. The Morgan fingerprint density at radius 2 is 1.17 bits per heavy atom. The highest BCUT2D eigenvalue weighted by atomic mass is 16.5. The van der Waals surface area contributed by atoms with E-state index in [0.717, 1.165) is 12.8 Å². The summed E-state index contributed by atoms with van der Waals surface area (Å²) in [5.41, 5.74) is 0.540. The lowest BCUT2D eigenvalue weighted by Crippen LogP contribution is -2.17. The average Bonchev–Trinajstić information content (AvgIpc) is 2.70. The van der Waals surface area contributed by atoms with Crippen LogP contribution >= 0.6 is 0 Å². The Kier molecular flexibility index (Phi) is 13.9. The van der Waals surface area contributed by atoms with E-state index in [9.17, 15) is 9.59 Å². The number of unbranched alkanes of at least 4 members (excludes halogenated alkanes) is 11. The third-order valence-corrected chi connectivity index (χ3v) is 4.94. The normalized spacial score (nSPS) is 10.9. The van der Waals surface area contributed by atoms with E-state index in [1.165, 1.54) is 64.2 Å². The van der Waals surface area contributed by atoms with Crippen molar-refractivity contribution in [2.24, 2.45) is 0 Å². The van der Waals surface area contributed by atoms with E-state index in [1.807, 2.05) is 0 Å². The fourth-order valence-electron chi connectivity index (χ4n) is 3.30. The van der Waals surface area contributed by atoms with Crippen LogP contribution in [0.2, 0.25) is 0 Å². The maximum absolute atomic E-state index is 12.3. The Hall–Kier alpha value is -1.84. The molecular formula is C25H40O4. The minimum absolute atomic E-state index is 0.229. The summed E-state index contributed by atoms with van der Waals surface area (Å²) in [5.74, 6) is -0.942. The molecule has 1 aromatic rings. The summed E-state index contributed by atoms with van der Waals surface area (Å²) >= 11 is 0. The molecule has 0 bridgehead atoms. The molecule has 0 amide bonds. The first-order chi connectivity index (χ1) is 14.1. The van der Waals surface area contributed by atoms with E-state index < -0.39 is 11.9 Å². The van der Waals surface area contributed by atoms with Crippen LogP contribution < -0.4 is 0 Å². The monoisotopic (exact) mass is 404 g/mol. The highest BCUT2D eigenvalue weighted by Crippen LogP contribution is 2.14. The van der Waals surface area contributed by atoms with Gasteiger partial charge in [-0.1, -0.05) is 89.7 Å². The van der Waals surface area contributed by atoms with Crippen molar-refractivity contribution in [3.63, 3.8) is 0 Å². The molecule has 0 aliphatic rings. The third-order valence-electron chi connectivity index (χ3n) is 4.94. The fourth-order valence-corrected chi connectivity index (χ4v) is 3.30. The molecule has 0 saturated carbocycles. The predicted molar refractivity (Wildman–Crippen MR) is 118 cm³/mol. The second-order valence-corrected chi connectivity index (χ2v) is 8.02. The Morgan fingerprint density at radius 3 is 1.66 bits per heavy atom. The van der Waals surface area contributed by atoms with Crippen LogP contribution in [-0.4, -0.2) is 24.6 Å². The molecule has 29 heavy (non-hydrogen) atoms. The van der Waals surface area contributed by atoms with Gasteiger partial charge in [0.15, 0.2) is 0 Å². The summed E-state index contributed by atoms with van der Waals surface area (Å²) in [6.45, 7) is 6.21. The van der Waals surface area contributed by atoms with Crippen LogP contribution in [-0.2, 0) is 9.47 Å². The van der Waals surface area contributed by atoms with Crippen molar-refractivity contribution in [1.82, 2.24) is 0 Å². The van der Waals surface area contributed by atoms with Crippen LogP contribution in [0.5, 0.6) is 0 Å². The molecule has 0 spiro atoms. The molecule has 0 heterocycles. The molecule has 0 aromatic heterocycles. The lowest BCUT2D eigenvalue weighted by atomic mass is 10.1. The van der Waals surface area contributed by atoms with Crippen LogP contribution in [0, 0.1) is 0 Å². The van der Waals surface area contributed by atoms with E-state index in [0.29, 0.717) is 6.61 Å². The number of rotatable bonds is 16. The van der Waals surface area contributed by atoms with Crippen LogP contribution in [0.4, 0.5) is 0 Å². The molecule has 0 atom stereocenters. The molecule has 0 saturated heterocycles. The van der Waals surface area contributed by atoms with Crippen LogP contribution in [0.1, 0.15) is 119 Å². The van der Waals surface area contributed by atoms with E-state index in [4.69, 9.17) is 9.47 Å². The van der Waals surface area contributed by atoms with E-state index in [-0.39, 0.29) is 17.2 Å². The summed E-state index contributed by atoms with van der Waals surface area (Å²) in [5, 5.41) is 0. The summed E-state index contributed by atoms with van der Waals surface area (Å²) in [4.78, 5) is 24.5. The van der Waals surface area contributed by atoms with Gasteiger partial charge in [0.05, 0.1) is 23.8 Å². The molecule has 1 rings (SSSR count). The van der Waals surface area contributed by atoms with Crippen molar-refractivity contribution in [2.75, 3.05) is 6.61 Å². The van der Waals surface area contributed by atoms with Crippen molar-refractivity contribution in [2.45, 2.75) is 104 Å². The molecule has 0 fully saturated rings. The van der Waals surface area contributed by atoms with Gasteiger partial charge in [-0.3, -0.25) is 0 Å². The minimum atomic E-state index is -0.488. The topological polar surface area (TPSA) is 52.6 Å². The van der Waals surface area contributed by atoms with Crippen molar-refractivity contribution in [1.29, 1.82) is 0 Å². The predicted octanol–water partition coefficient (Wildman–Crippen LogP) is 7.11. The first-order valence-corrected chi connectivity index (χ1v) is 11.5. The standard InChI is InChI=1S/C25H40O4/c1-4-5-6-7-8-9-10-11-12-13-14-17-20-28-24(26)22-18-15-16-19-23(22)25(27)29-21(2)3/h15-16,18-19,21H,4-14,17,20H2,1-3H3. The molecule has 4 heteroatoms. The van der Waals surface area contributed by atoms with E-state index >= 15 is 0 Å². The van der Waals surface area contributed by atoms with Crippen molar-refractivity contribution >= 4 is 11.9 Å². The molecular weight excluding hydrogens is 364 g/mol.